The Bertz CT molecular complexity index is 1640. The largest absolute Gasteiger partial charge is 0.744 e. The SMILES string of the molecule is CC1=C(C(=O)Nc2ccc(F)c(Cl)c2)C(c2ccccc2S(=O)(=O)[O-])C(C(=O)Nc2ccc(F)c(Cl)c2)=C(C)N1. The number of benzene rings is 3. The average molecular weight is 607 g/mol. The van der Waals surface area contributed by atoms with Crippen molar-refractivity contribution >= 4 is 56.5 Å². The van der Waals surface area contributed by atoms with Gasteiger partial charge < -0.3 is 20.5 Å². The fraction of sp³-hybridized carbons (Fsp3) is 0.111. The molecule has 3 N–H and O–H groups in total. The fourth-order valence-electron chi connectivity index (χ4n) is 4.40. The van der Waals surface area contributed by atoms with Crippen molar-refractivity contribution in [1.82, 2.24) is 5.32 Å². The number of halogens is 4. The number of carbonyl (C=O) groups excluding carboxylic acids is 2. The number of anilines is 2. The summed E-state index contributed by atoms with van der Waals surface area (Å²) < 4.78 is 64.0. The summed E-state index contributed by atoms with van der Waals surface area (Å²) in [6, 6.07) is 12.2. The minimum atomic E-state index is -5.05. The summed E-state index contributed by atoms with van der Waals surface area (Å²) in [4.78, 5) is 26.7. The molecule has 0 unspecified atom stereocenters. The van der Waals surface area contributed by atoms with Crippen LogP contribution in [0.5, 0.6) is 0 Å². The van der Waals surface area contributed by atoms with Gasteiger partial charge in [-0.25, -0.2) is 17.2 Å². The number of dihydropyridines is 1. The van der Waals surface area contributed by atoms with E-state index in [9.17, 15) is 31.3 Å². The van der Waals surface area contributed by atoms with Crippen LogP contribution in [-0.4, -0.2) is 24.8 Å². The van der Waals surface area contributed by atoms with E-state index in [1.807, 2.05) is 0 Å². The van der Waals surface area contributed by atoms with Crippen molar-refractivity contribution in [2.24, 2.45) is 0 Å². The minimum Gasteiger partial charge on any atom is -0.744 e. The molecular weight excluding hydrogens is 587 g/mol. The molecule has 0 aliphatic carbocycles. The maximum absolute atomic E-state index is 13.7. The van der Waals surface area contributed by atoms with Crippen LogP contribution in [0.15, 0.2) is 88.1 Å². The van der Waals surface area contributed by atoms with E-state index in [1.165, 1.54) is 56.3 Å². The lowest BCUT2D eigenvalue weighted by atomic mass is 9.79. The van der Waals surface area contributed by atoms with E-state index in [1.54, 1.807) is 0 Å². The van der Waals surface area contributed by atoms with Crippen LogP contribution in [0.2, 0.25) is 10.0 Å². The molecule has 0 saturated carbocycles. The smallest absolute Gasteiger partial charge is 0.254 e. The van der Waals surface area contributed by atoms with E-state index in [-0.39, 0.29) is 49.5 Å². The molecule has 3 aromatic carbocycles. The number of rotatable bonds is 6. The van der Waals surface area contributed by atoms with E-state index in [4.69, 9.17) is 23.2 Å². The zero-order valence-electron chi connectivity index (χ0n) is 20.8. The number of hydrogen-bond donors (Lipinski definition) is 3. The molecule has 4 rings (SSSR count). The molecule has 2 amide bonds. The molecule has 0 spiro atoms. The monoisotopic (exact) mass is 606 g/mol. The molecule has 1 aliphatic heterocycles. The predicted molar refractivity (Wildman–Crippen MR) is 146 cm³/mol. The summed E-state index contributed by atoms with van der Waals surface area (Å²) in [5.74, 6) is -4.33. The highest BCUT2D eigenvalue weighted by atomic mass is 35.5. The first-order valence-electron chi connectivity index (χ1n) is 11.5. The Morgan fingerprint density at radius 2 is 1.27 bits per heavy atom. The first-order valence-corrected chi connectivity index (χ1v) is 13.7. The second kappa shape index (κ2) is 11.4. The highest BCUT2D eigenvalue weighted by molar-refractivity contribution is 7.85. The quantitative estimate of drug-likeness (QED) is 0.309. The van der Waals surface area contributed by atoms with Crippen LogP contribution in [0.3, 0.4) is 0 Å². The molecule has 0 radical (unpaired) electrons. The second-order valence-electron chi connectivity index (χ2n) is 8.79. The topological polar surface area (TPSA) is 127 Å². The van der Waals surface area contributed by atoms with Gasteiger partial charge in [-0.3, -0.25) is 9.59 Å². The van der Waals surface area contributed by atoms with E-state index in [2.05, 4.69) is 16.0 Å². The van der Waals surface area contributed by atoms with E-state index in [0.29, 0.717) is 0 Å². The lowest BCUT2D eigenvalue weighted by molar-refractivity contribution is -0.113. The summed E-state index contributed by atoms with van der Waals surface area (Å²) in [6.45, 7) is 3.07. The van der Waals surface area contributed by atoms with Gasteiger partial charge in [-0.1, -0.05) is 41.4 Å². The molecule has 1 aliphatic rings. The van der Waals surface area contributed by atoms with Gasteiger partial charge in [0.05, 0.1) is 14.9 Å². The number of nitrogens with one attached hydrogen (secondary N) is 3. The maximum Gasteiger partial charge on any atom is 0.254 e. The molecule has 0 aromatic heterocycles. The van der Waals surface area contributed by atoms with Gasteiger partial charge in [0.25, 0.3) is 11.8 Å². The van der Waals surface area contributed by atoms with Crippen molar-refractivity contribution in [2.45, 2.75) is 24.7 Å². The van der Waals surface area contributed by atoms with E-state index in [0.717, 1.165) is 18.2 Å². The Hall–Kier alpha value is -3.77. The van der Waals surface area contributed by atoms with Crippen LogP contribution in [0.1, 0.15) is 25.3 Å². The number of hydrogen-bond acceptors (Lipinski definition) is 6. The number of carbonyl (C=O) groups is 2. The van der Waals surface area contributed by atoms with Gasteiger partial charge in [0, 0.05) is 39.8 Å². The zero-order valence-corrected chi connectivity index (χ0v) is 23.1. The molecule has 8 nitrogen and oxygen atoms in total. The highest BCUT2D eigenvalue weighted by Gasteiger charge is 2.38. The molecule has 1 heterocycles. The second-order valence-corrected chi connectivity index (χ2v) is 11.0. The minimum absolute atomic E-state index is 0.0931. The zero-order chi connectivity index (χ0) is 29.4. The molecule has 0 saturated heterocycles. The van der Waals surface area contributed by atoms with Crippen LogP contribution in [0.25, 0.3) is 0 Å². The van der Waals surface area contributed by atoms with Crippen LogP contribution >= 0.6 is 23.2 Å². The molecule has 0 fully saturated rings. The van der Waals surface area contributed by atoms with E-state index < -0.39 is 44.4 Å². The maximum atomic E-state index is 13.7. The van der Waals surface area contributed by atoms with Crippen molar-refractivity contribution in [3.05, 3.63) is 110 Å². The van der Waals surface area contributed by atoms with Gasteiger partial charge in [-0.15, -0.1) is 0 Å². The number of allylic oxidation sites excluding steroid dienone is 2. The van der Waals surface area contributed by atoms with Crippen molar-refractivity contribution in [3.8, 4) is 0 Å². The summed E-state index contributed by atoms with van der Waals surface area (Å²) in [7, 11) is -5.05. The van der Waals surface area contributed by atoms with E-state index >= 15 is 0 Å². The Labute approximate surface area is 238 Å². The third kappa shape index (κ3) is 6.02. The van der Waals surface area contributed by atoms with Gasteiger partial charge in [0.1, 0.15) is 21.8 Å². The molecular formula is C27H20Cl2F2N3O5S-. The summed E-state index contributed by atoms with van der Waals surface area (Å²) in [6.07, 6.45) is 0. The Morgan fingerprint density at radius 3 is 1.70 bits per heavy atom. The van der Waals surface area contributed by atoms with Crippen LogP contribution in [-0.2, 0) is 19.7 Å². The summed E-state index contributed by atoms with van der Waals surface area (Å²) in [5.41, 5.74) is 0.452. The number of amides is 2. The van der Waals surface area contributed by atoms with Crippen molar-refractivity contribution in [2.75, 3.05) is 10.6 Å². The third-order valence-electron chi connectivity index (χ3n) is 6.10. The first kappa shape index (κ1) is 29.2. The molecule has 0 bridgehead atoms. The fourth-order valence-corrected chi connectivity index (χ4v) is 5.48. The lowest BCUT2D eigenvalue weighted by Gasteiger charge is -2.32. The van der Waals surface area contributed by atoms with Crippen LogP contribution in [0.4, 0.5) is 20.2 Å². The predicted octanol–water partition coefficient (Wildman–Crippen LogP) is 5.69. The Morgan fingerprint density at radius 1 is 0.825 bits per heavy atom. The van der Waals surface area contributed by atoms with Crippen molar-refractivity contribution in [3.63, 3.8) is 0 Å². The average Bonchev–Trinajstić information content (AvgIpc) is 2.87. The van der Waals surface area contributed by atoms with Gasteiger partial charge in [0.2, 0.25) is 0 Å². The van der Waals surface area contributed by atoms with Crippen LogP contribution in [0, 0.1) is 11.6 Å². The first-order chi connectivity index (χ1) is 18.8. The molecule has 208 valence electrons. The standard InChI is InChI=1S/C27H21Cl2F2N3O5S/c1-13-23(26(35)33-15-7-9-20(30)18(28)11-15)25(17-5-3-4-6-22(17)40(37,38)39)24(14(2)32-13)27(36)34-16-8-10-21(31)19(29)12-16/h3-12,25,32H,1-2H3,(H,33,35)(H,34,36)(H,37,38,39)/p-1. The highest BCUT2D eigenvalue weighted by Crippen LogP contribution is 2.41. The molecule has 0 atom stereocenters. The van der Waals surface area contributed by atoms with Gasteiger partial charge in [-0.05, 0) is 61.9 Å². The van der Waals surface area contributed by atoms with Crippen molar-refractivity contribution in [1.29, 1.82) is 0 Å². The van der Waals surface area contributed by atoms with Crippen molar-refractivity contribution < 1.29 is 31.3 Å². The Kier molecular flexibility index (Phi) is 8.31. The van der Waals surface area contributed by atoms with Gasteiger partial charge in [0.15, 0.2) is 0 Å². The summed E-state index contributed by atoms with van der Waals surface area (Å²) in [5, 5.41) is 7.60. The lowest BCUT2D eigenvalue weighted by Crippen LogP contribution is -2.35. The molecule has 13 heteroatoms. The van der Waals surface area contributed by atoms with Gasteiger partial charge >= 0.3 is 0 Å². The normalized spacial score (nSPS) is 14.2. The van der Waals surface area contributed by atoms with Gasteiger partial charge in [-0.2, -0.15) is 0 Å². The molecule has 40 heavy (non-hydrogen) atoms. The summed E-state index contributed by atoms with van der Waals surface area (Å²) >= 11 is 11.7. The third-order valence-corrected chi connectivity index (χ3v) is 7.59. The molecule has 3 aromatic rings. The van der Waals surface area contributed by atoms with Crippen LogP contribution < -0.4 is 16.0 Å². The Balaban J connectivity index is 1.86.